The monoisotopic (exact) mass is 273 g/mol. The molecule has 1 nitrogen and oxygen atoms in total. The molecule has 0 aliphatic heterocycles. The first-order valence-corrected chi connectivity index (χ1v) is 6.35. The second-order valence-corrected chi connectivity index (χ2v) is 5.09. The van der Waals surface area contributed by atoms with Gasteiger partial charge in [-0.15, -0.1) is 0 Å². The van der Waals surface area contributed by atoms with Gasteiger partial charge in [0.15, 0.2) is 0 Å². The molecule has 3 rings (SSSR count). The molecule has 1 aromatic heterocycles. The SMILES string of the molecule is Brc1cc(C2CC2)cnc1-c1ccccc1. The van der Waals surface area contributed by atoms with Crippen LogP contribution < -0.4 is 0 Å². The van der Waals surface area contributed by atoms with E-state index in [4.69, 9.17) is 0 Å². The summed E-state index contributed by atoms with van der Waals surface area (Å²) in [6, 6.07) is 12.5. The molecule has 0 N–H and O–H groups in total. The van der Waals surface area contributed by atoms with Crippen molar-refractivity contribution in [3.05, 3.63) is 52.6 Å². The molecular formula is C14H12BrN. The van der Waals surface area contributed by atoms with Gasteiger partial charge in [-0.1, -0.05) is 30.3 Å². The van der Waals surface area contributed by atoms with Gasteiger partial charge >= 0.3 is 0 Å². The van der Waals surface area contributed by atoms with Gasteiger partial charge in [0.2, 0.25) is 0 Å². The van der Waals surface area contributed by atoms with Crippen molar-refractivity contribution in [3.63, 3.8) is 0 Å². The maximum absolute atomic E-state index is 4.56. The van der Waals surface area contributed by atoms with Crippen molar-refractivity contribution in [3.8, 4) is 11.3 Å². The second-order valence-electron chi connectivity index (χ2n) is 4.24. The Morgan fingerprint density at radius 1 is 1.12 bits per heavy atom. The summed E-state index contributed by atoms with van der Waals surface area (Å²) in [5.41, 5.74) is 3.56. The zero-order chi connectivity index (χ0) is 11.0. The zero-order valence-corrected chi connectivity index (χ0v) is 10.4. The van der Waals surface area contributed by atoms with Gasteiger partial charge in [0.05, 0.1) is 5.69 Å². The Hall–Kier alpha value is -1.15. The minimum Gasteiger partial charge on any atom is -0.255 e. The van der Waals surface area contributed by atoms with Crippen molar-refractivity contribution < 1.29 is 0 Å². The number of rotatable bonds is 2. The molecule has 0 saturated heterocycles. The first-order chi connectivity index (χ1) is 7.84. The Morgan fingerprint density at radius 2 is 1.88 bits per heavy atom. The predicted molar refractivity (Wildman–Crippen MR) is 69.3 cm³/mol. The Labute approximate surface area is 104 Å². The highest BCUT2D eigenvalue weighted by atomic mass is 79.9. The average molecular weight is 274 g/mol. The van der Waals surface area contributed by atoms with E-state index < -0.39 is 0 Å². The fourth-order valence-corrected chi connectivity index (χ4v) is 2.50. The summed E-state index contributed by atoms with van der Waals surface area (Å²) < 4.78 is 1.10. The number of pyridine rings is 1. The Balaban J connectivity index is 2.02. The summed E-state index contributed by atoms with van der Waals surface area (Å²) in [6.45, 7) is 0. The van der Waals surface area contributed by atoms with Crippen molar-refractivity contribution in [1.29, 1.82) is 0 Å². The van der Waals surface area contributed by atoms with Crippen LogP contribution in [0.2, 0.25) is 0 Å². The van der Waals surface area contributed by atoms with E-state index in [2.05, 4.69) is 39.1 Å². The summed E-state index contributed by atoms with van der Waals surface area (Å²) in [5.74, 6) is 0.758. The predicted octanol–water partition coefficient (Wildman–Crippen LogP) is 4.39. The third-order valence-corrected chi connectivity index (χ3v) is 3.56. The molecule has 1 heterocycles. The highest BCUT2D eigenvalue weighted by Crippen LogP contribution is 2.41. The van der Waals surface area contributed by atoms with Gasteiger partial charge in [-0.2, -0.15) is 0 Å². The average Bonchev–Trinajstić information content (AvgIpc) is 3.14. The number of hydrogen-bond donors (Lipinski definition) is 0. The van der Waals surface area contributed by atoms with E-state index in [1.54, 1.807) is 0 Å². The molecule has 0 unspecified atom stereocenters. The first-order valence-electron chi connectivity index (χ1n) is 5.55. The van der Waals surface area contributed by atoms with Crippen LogP contribution in [0.5, 0.6) is 0 Å². The molecular weight excluding hydrogens is 262 g/mol. The highest BCUT2D eigenvalue weighted by Gasteiger charge is 2.24. The molecule has 80 valence electrons. The van der Waals surface area contributed by atoms with Crippen molar-refractivity contribution in [2.75, 3.05) is 0 Å². The maximum atomic E-state index is 4.56. The Bertz CT molecular complexity index is 503. The molecule has 0 atom stereocenters. The molecule has 1 saturated carbocycles. The molecule has 0 amide bonds. The van der Waals surface area contributed by atoms with E-state index in [1.807, 2.05) is 24.4 Å². The van der Waals surface area contributed by atoms with Gasteiger partial charge in [-0.25, -0.2) is 0 Å². The summed E-state index contributed by atoms with van der Waals surface area (Å²) in [7, 11) is 0. The molecule has 2 aromatic rings. The Kier molecular flexibility index (Phi) is 2.52. The lowest BCUT2D eigenvalue weighted by Crippen LogP contribution is -1.88. The van der Waals surface area contributed by atoms with E-state index in [-0.39, 0.29) is 0 Å². The molecule has 0 bridgehead atoms. The fraction of sp³-hybridized carbons (Fsp3) is 0.214. The molecule has 1 fully saturated rings. The second kappa shape index (κ2) is 4.02. The number of nitrogens with zero attached hydrogens (tertiary/aromatic N) is 1. The zero-order valence-electron chi connectivity index (χ0n) is 8.86. The molecule has 0 spiro atoms. The highest BCUT2D eigenvalue weighted by molar-refractivity contribution is 9.10. The number of aromatic nitrogens is 1. The van der Waals surface area contributed by atoms with Crippen LogP contribution in [0.4, 0.5) is 0 Å². The van der Waals surface area contributed by atoms with Gasteiger partial charge in [-0.05, 0) is 46.3 Å². The third kappa shape index (κ3) is 1.90. The van der Waals surface area contributed by atoms with Crippen LogP contribution in [0.3, 0.4) is 0 Å². The van der Waals surface area contributed by atoms with Gasteiger partial charge in [0.1, 0.15) is 0 Å². The van der Waals surface area contributed by atoms with Crippen molar-refractivity contribution in [2.24, 2.45) is 0 Å². The molecule has 1 aliphatic rings. The van der Waals surface area contributed by atoms with E-state index in [0.717, 1.165) is 21.6 Å². The molecule has 0 radical (unpaired) electrons. The van der Waals surface area contributed by atoms with Gasteiger partial charge in [-0.3, -0.25) is 4.98 Å². The van der Waals surface area contributed by atoms with Crippen LogP contribution >= 0.6 is 15.9 Å². The van der Waals surface area contributed by atoms with E-state index in [9.17, 15) is 0 Å². The molecule has 2 heteroatoms. The topological polar surface area (TPSA) is 12.9 Å². The van der Waals surface area contributed by atoms with Crippen LogP contribution in [-0.2, 0) is 0 Å². The quantitative estimate of drug-likeness (QED) is 0.791. The van der Waals surface area contributed by atoms with Crippen LogP contribution in [0, 0.1) is 0 Å². The van der Waals surface area contributed by atoms with Crippen LogP contribution in [0.1, 0.15) is 24.3 Å². The number of benzene rings is 1. The molecule has 1 aliphatic carbocycles. The third-order valence-electron chi connectivity index (χ3n) is 2.96. The Morgan fingerprint density at radius 3 is 2.50 bits per heavy atom. The van der Waals surface area contributed by atoms with E-state index in [1.165, 1.54) is 18.4 Å². The lowest BCUT2D eigenvalue weighted by Gasteiger charge is -2.05. The maximum Gasteiger partial charge on any atom is 0.0844 e. The normalized spacial score (nSPS) is 15.1. The standard InChI is InChI=1S/C14H12BrN/c15-13-8-12(10-6-7-10)9-16-14(13)11-4-2-1-3-5-11/h1-5,8-10H,6-7H2. The van der Waals surface area contributed by atoms with Gasteiger partial charge in [0.25, 0.3) is 0 Å². The largest absolute Gasteiger partial charge is 0.255 e. The van der Waals surface area contributed by atoms with Crippen molar-refractivity contribution in [1.82, 2.24) is 4.98 Å². The van der Waals surface area contributed by atoms with Crippen molar-refractivity contribution in [2.45, 2.75) is 18.8 Å². The first kappa shape index (κ1) is 10.0. The van der Waals surface area contributed by atoms with Gasteiger partial charge in [0, 0.05) is 16.2 Å². The molecule has 1 aromatic carbocycles. The fourth-order valence-electron chi connectivity index (χ4n) is 1.90. The van der Waals surface area contributed by atoms with Crippen LogP contribution in [0.15, 0.2) is 47.1 Å². The minimum atomic E-state index is 0.758. The number of halogens is 1. The van der Waals surface area contributed by atoms with Crippen LogP contribution in [-0.4, -0.2) is 4.98 Å². The lowest BCUT2D eigenvalue weighted by molar-refractivity contribution is 1.09. The van der Waals surface area contributed by atoms with Crippen molar-refractivity contribution >= 4 is 15.9 Å². The summed E-state index contributed by atoms with van der Waals surface area (Å²) >= 11 is 3.62. The summed E-state index contributed by atoms with van der Waals surface area (Å²) in [6.07, 6.45) is 4.66. The van der Waals surface area contributed by atoms with E-state index in [0.29, 0.717) is 0 Å². The molecule has 16 heavy (non-hydrogen) atoms. The minimum absolute atomic E-state index is 0.758. The van der Waals surface area contributed by atoms with Gasteiger partial charge < -0.3 is 0 Å². The van der Waals surface area contributed by atoms with Crippen LogP contribution in [0.25, 0.3) is 11.3 Å². The summed E-state index contributed by atoms with van der Waals surface area (Å²) in [4.78, 5) is 4.56. The summed E-state index contributed by atoms with van der Waals surface area (Å²) in [5, 5.41) is 0. The van der Waals surface area contributed by atoms with E-state index >= 15 is 0 Å². The lowest BCUT2D eigenvalue weighted by atomic mass is 10.1. The number of hydrogen-bond acceptors (Lipinski definition) is 1. The smallest absolute Gasteiger partial charge is 0.0844 e.